The van der Waals surface area contributed by atoms with Crippen molar-refractivity contribution in [3.63, 3.8) is 0 Å². The number of likely N-dealkylation sites (N-methyl/N-ethyl adjacent to an activating group) is 1. The van der Waals surface area contributed by atoms with Crippen molar-refractivity contribution in [3.05, 3.63) is 18.0 Å². The van der Waals surface area contributed by atoms with Gasteiger partial charge in [0, 0.05) is 36.9 Å². The molecule has 2 rings (SSSR count). The fraction of sp³-hybridized carbons (Fsp3) is 0.800. The van der Waals surface area contributed by atoms with Gasteiger partial charge >= 0.3 is 0 Å². The number of aryl methyl sites for hydroxylation is 1. The van der Waals surface area contributed by atoms with E-state index in [1.807, 2.05) is 10.9 Å². The zero-order chi connectivity index (χ0) is 13.9. The molecular formula is C15H28N4. The molecule has 0 saturated heterocycles. The number of nitrogens with two attached hydrogens (primary N) is 1. The molecule has 108 valence electrons. The molecular weight excluding hydrogens is 236 g/mol. The van der Waals surface area contributed by atoms with Crippen molar-refractivity contribution < 1.29 is 0 Å². The third-order valence-corrected chi connectivity index (χ3v) is 4.69. The Labute approximate surface area is 117 Å². The summed E-state index contributed by atoms with van der Waals surface area (Å²) in [6, 6.07) is 0. The van der Waals surface area contributed by atoms with Gasteiger partial charge in [0.1, 0.15) is 0 Å². The van der Waals surface area contributed by atoms with Crippen LogP contribution in [0.1, 0.15) is 45.1 Å². The number of rotatable bonds is 5. The first kappa shape index (κ1) is 14.5. The van der Waals surface area contributed by atoms with E-state index in [0.717, 1.165) is 25.6 Å². The summed E-state index contributed by atoms with van der Waals surface area (Å²) >= 11 is 0. The monoisotopic (exact) mass is 264 g/mol. The minimum atomic E-state index is 0.186. The van der Waals surface area contributed by atoms with Crippen molar-refractivity contribution in [3.8, 4) is 0 Å². The average molecular weight is 264 g/mol. The van der Waals surface area contributed by atoms with Gasteiger partial charge in [0.05, 0.1) is 6.20 Å². The molecule has 0 spiro atoms. The molecule has 0 aliphatic heterocycles. The Morgan fingerprint density at radius 2 is 2.37 bits per heavy atom. The van der Waals surface area contributed by atoms with Gasteiger partial charge in [-0.25, -0.2) is 0 Å². The molecule has 0 aromatic carbocycles. The summed E-state index contributed by atoms with van der Waals surface area (Å²) in [7, 11) is 2.22. The molecule has 0 radical (unpaired) electrons. The molecule has 1 fully saturated rings. The van der Waals surface area contributed by atoms with E-state index in [9.17, 15) is 0 Å². The van der Waals surface area contributed by atoms with Gasteiger partial charge in [-0.3, -0.25) is 9.58 Å². The van der Waals surface area contributed by atoms with Crippen LogP contribution in [0.4, 0.5) is 0 Å². The Morgan fingerprint density at radius 3 is 2.95 bits per heavy atom. The Morgan fingerprint density at radius 1 is 1.58 bits per heavy atom. The SMILES string of the molecule is CCn1cc(CN(C)C2(CN)CCCC(C)C2)cn1. The maximum absolute atomic E-state index is 6.12. The molecule has 1 aliphatic rings. The molecule has 1 aromatic heterocycles. The van der Waals surface area contributed by atoms with E-state index in [2.05, 4.69) is 37.1 Å². The highest BCUT2D eigenvalue weighted by Gasteiger charge is 2.37. The van der Waals surface area contributed by atoms with Crippen molar-refractivity contribution in [1.29, 1.82) is 0 Å². The molecule has 4 heteroatoms. The van der Waals surface area contributed by atoms with Crippen molar-refractivity contribution in [2.45, 2.75) is 58.2 Å². The molecule has 4 nitrogen and oxygen atoms in total. The van der Waals surface area contributed by atoms with Crippen LogP contribution >= 0.6 is 0 Å². The topological polar surface area (TPSA) is 47.1 Å². The number of hydrogen-bond donors (Lipinski definition) is 1. The smallest absolute Gasteiger partial charge is 0.0534 e. The molecule has 2 N–H and O–H groups in total. The zero-order valence-electron chi connectivity index (χ0n) is 12.6. The van der Waals surface area contributed by atoms with Crippen LogP contribution in [0.2, 0.25) is 0 Å². The fourth-order valence-electron chi connectivity index (χ4n) is 3.42. The normalized spacial score (nSPS) is 27.9. The zero-order valence-corrected chi connectivity index (χ0v) is 12.6. The van der Waals surface area contributed by atoms with Gasteiger partial charge in [-0.2, -0.15) is 5.10 Å². The number of hydrogen-bond acceptors (Lipinski definition) is 3. The maximum Gasteiger partial charge on any atom is 0.0534 e. The van der Waals surface area contributed by atoms with E-state index in [-0.39, 0.29) is 5.54 Å². The Balaban J connectivity index is 2.05. The molecule has 1 saturated carbocycles. The van der Waals surface area contributed by atoms with Gasteiger partial charge in [-0.15, -0.1) is 0 Å². The second-order valence-electron chi connectivity index (χ2n) is 6.19. The molecule has 0 bridgehead atoms. The fourth-order valence-corrected chi connectivity index (χ4v) is 3.42. The summed E-state index contributed by atoms with van der Waals surface area (Å²) < 4.78 is 1.99. The predicted molar refractivity (Wildman–Crippen MR) is 78.8 cm³/mol. The van der Waals surface area contributed by atoms with E-state index in [1.54, 1.807) is 0 Å². The lowest BCUT2D eigenvalue weighted by molar-refractivity contribution is 0.0554. The van der Waals surface area contributed by atoms with Crippen LogP contribution in [-0.2, 0) is 13.1 Å². The van der Waals surface area contributed by atoms with Crippen LogP contribution in [0.5, 0.6) is 0 Å². The summed E-state index contributed by atoms with van der Waals surface area (Å²) in [6.45, 7) is 7.11. The molecule has 1 heterocycles. The second kappa shape index (κ2) is 6.06. The number of nitrogens with zero attached hydrogens (tertiary/aromatic N) is 3. The minimum absolute atomic E-state index is 0.186. The Bertz CT molecular complexity index is 401. The summed E-state index contributed by atoms with van der Waals surface area (Å²) in [5, 5.41) is 4.36. The van der Waals surface area contributed by atoms with Crippen molar-refractivity contribution in [1.82, 2.24) is 14.7 Å². The van der Waals surface area contributed by atoms with Gasteiger partial charge in [-0.1, -0.05) is 19.8 Å². The highest BCUT2D eigenvalue weighted by Crippen LogP contribution is 2.36. The third kappa shape index (κ3) is 3.18. The quantitative estimate of drug-likeness (QED) is 0.887. The van der Waals surface area contributed by atoms with Crippen molar-refractivity contribution >= 4 is 0 Å². The minimum Gasteiger partial charge on any atom is -0.329 e. The molecule has 2 atom stereocenters. The lowest BCUT2D eigenvalue weighted by Crippen LogP contribution is -2.54. The van der Waals surface area contributed by atoms with Crippen molar-refractivity contribution in [2.24, 2.45) is 11.7 Å². The van der Waals surface area contributed by atoms with Gasteiger partial charge in [0.15, 0.2) is 0 Å². The highest BCUT2D eigenvalue weighted by molar-refractivity contribution is 5.06. The summed E-state index contributed by atoms with van der Waals surface area (Å²) in [4.78, 5) is 2.46. The summed E-state index contributed by atoms with van der Waals surface area (Å²) in [5.41, 5.74) is 7.60. The largest absolute Gasteiger partial charge is 0.329 e. The van der Waals surface area contributed by atoms with E-state index in [4.69, 9.17) is 5.73 Å². The number of aromatic nitrogens is 2. The first-order valence-corrected chi connectivity index (χ1v) is 7.52. The molecule has 1 aliphatic carbocycles. The van der Waals surface area contributed by atoms with Crippen LogP contribution in [-0.4, -0.2) is 33.8 Å². The van der Waals surface area contributed by atoms with Crippen LogP contribution in [0.15, 0.2) is 12.4 Å². The molecule has 2 unspecified atom stereocenters. The first-order valence-electron chi connectivity index (χ1n) is 7.52. The highest BCUT2D eigenvalue weighted by atomic mass is 15.3. The third-order valence-electron chi connectivity index (χ3n) is 4.69. The van der Waals surface area contributed by atoms with E-state index in [0.29, 0.717) is 0 Å². The Hall–Kier alpha value is -0.870. The molecule has 1 aromatic rings. The van der Waals surface area contributed by atoms with Crippen LogP contribution < -0.4 is 5.73 Å². The first-order chi connectivity index (χ1) is 9.09. The maximum atomic E-state index is 6.12. The van der Waals surface area contributed by atoms with Gasteiger partial charge in [0.2, 0.25) is 0 Å². The lowest BCUT2D eigenvalue weighted by Gasteiger charge is -2.46. The standard InChI is InChI=1S/C15H28N4/c1-4-19-11-14(9-17-19)10-18(3)15(12-16)7-5-6-13(2)8-15/h9,11,13H,4-8,10,12,16H2,1-3H3. The van der Waals surface area contributed by atoms with Gasteiger partial charge < -0.3 is 5.73 Å². The van der Waals surface area contributed by atoms with Crippen LogP contribution in [0.3, 0.4) is 0 Å². The van der Waals surface area contributed by atoms with E-state index < -0.39 is 0 Å². The van der Waals surface area contributed by atoms with Gasteiger partial charge in [0.25, 0.3) is 0 Å². The summed E-state index contributed by atoms with van der Waals surface area (Å²) in [6.07, 6.45) is 9.23. The lowest BCUT2D eigenvalue weighted by atomic mass is 9.75. The summed E-state index contributed by atoms with van der Waals surface area (Å²) in [5.74, 6) is 0.790. The van der Waals surface area contributed by atoms with E-state index >= 15 is 0 Å². The van der Waals surface area contributed by atoms with Gasteiger partial charge in [-0.05, 0) is 32.7 Å². The Kier molecular flexibility index (Phi) is 4.63. The van der Waals surface area contributed by atoms with E-state index in [1.165, 1.54) is 31.2 Å². The second-order valence-corrected chi connectivity index (χ2v) is 6.19. The average Bonchev–Trinajstić information content (AvgIpc) is 2.86. The van der Waals surface area contributed by atoms with Crippen molar-refractivity contribution in [2.75, 3.05) is 13.6 Å². The van der Waals surface area contributed by atoms with Crippen LogP contribution in [0.25, 0.3) is 0 Å². The predicted octanol–water partition coefficient (Wildman–Crippen LogP) is 2.24. The molecule has 0 amide bonds. The van der Waals surface area contributed by atoms with Crippen LogP contribution in [0, 0.1) is 5.92 Å². The molecule has 19 heavy (non-hydrogen) atoms.